The molecule has 0 aromatic heterocycles. The summed E-state index contributed by atoms with van der Waals surface area (Å²) in [5, 5.41) is 0. The van der Waals surface area contributed by atoms with Crippen molar-refractivity contribution < 1.29 is 0 Å². The van der Waals surface area contributed by atoms with Gasteiger partial charge in [0, 0.05) is 56.3 Å². The molecule has 0 amide bonds. The molecule has 0 atom stereocenters. The molecule has 0 saturated carbocycles. The smallest absolute Gasteiger partial charge is 0.0164 e. The first kappa shape index (κ1) is 21.6. The summed E-state index contributed by atoms with van der Waals surface area (Å²) in [6.07, 6.45) is 36.8. The monoisotopic (exact) mass is 348 g/mol. The van der Waals surface area contributed by atoms with Crippen LogP contribution in [0.5, 0.6) is 0 Å². The van der Waals surface area contributed by atoms with Crippen molar-refractivity contribution in [2.24, 2.45) is 0 Å². The second-order valence-electron chi connectivity index (χ2n) is 6.43. The van der Waals surface area contributed by atoms with Crippen molar-refractivity contribution in [2.45, 2.75) is 56.3 Å². The predicted octanol–water partition coefficient (Wildman–Crippen LogP) is 5.08. The zero-order valence-corrected chi connectivity index (χ0v) is 15.7. The van der Waals surface area contributed by atoms with Crippen molar-refractivity contribution >= 4 is 0 Å². The summed E-state index contributed by atoms with van der Waals surface area (Å²) in [4.78, 5) is 0. The molecule has 1 aromatic rings. The molecule has 0 N–H and O–H groups in total. The van der Waals surface area contributed by atoms with E-state index in [-0.39, 0.29) is 17.8 Å². The second-order valence-corrected chi connectivity index (χ2v) is 6.43. The summed E-state index contributed by atoms with van der Waals surface area (Å²) in [5.41, 5.74) is 3.33. The van der Waals surface area contributed by atoms with Crippen LogP contribution in [0.2, 0.25) is 0 Å². The Kier molecular flexibility index (Phi) is 9.62. The van der Waals surface area contributed by atoms with Crippen molar-refractivity contribution in [1.82, 2.24) is 0 Å². The molecule has 0 radical (unpaired) electrons. The predicted molar refractivity (Wildman–Crippen MR) is 115 cm³/mol. The minimum absolute atomic E-state index is 0.0466. The number of terminal acetylenes is 6. The van der Waals surface area contributed by atoms with E-state index in [1.807, 2.05) is 0 Å². The molecular weight excluding hydrogens is 324 g/mol. The third kappa shape index (κ3) is 6.10. The van der Waals surface area contributed by atoms with Crippen molar-refractivity contribution in [3.05, 3.63) is 34.9 Å². The summed E-state index contributed by atoms with van der Waals surface area (Å²) in [7, 11) is 0. The molecule has 27 heavy (non-hydrogen) atoms. The fraction of sp³-hybridized carbons (Fsp3) is 0.333. The zero-order chi connectivity index (χ0) is 20.1. The zero-order valence-electron chi connectivity index (χ0n) is 15.7. The van der Waals surface area contributed by atoms with Crippen molar-refractivity contribution in [2.75, 3.05) is 0 Å². The van der Waals surface area contributed by atoms with Gasteiger partial charge in [0.2, 0.25) is 0 Å². The van der Waals surface area contributed by atoms with Gasteiger partial charge in [0.25, 0.3) is 0 Å². The van der Waals surface area contributed by atoms with Crippen molar-refractivity contribution in [3.8, 4) is 74.1 Å². The average Bonchev–Trinajstić information content (AvgIpc) is 2.67. The van der Waals surface area contributed by atoms with Crippen LogP contribution < -0.4 is 0 Å². The van der Waals surface area contributed by atoms with Gasteiger partial charge in [-0.2, -0.15) is 0 Å². The molecule has 0 unspecified atom stereocenters. The SMILES string of the molecule is C#CCC(CC#C)c1ccc(C(CC#C)CC#C)c(C(CC#C)CC#C)c1. The fourth-order valence-corrected chi connectivity index (χ4v) is 3.32. The van der Waals surface area contributed by atoms with E-state index >= 15 is 0 Å². The molecular formula is C27H24. The summed E-state index contributed by atoms with van der Waals surface area (Å²) in [6, 6.07) is 6.30. The molecule has 0 bridgehead atoms. The molecule has 1 aromatic carbocycles. The lowest BCUT2D eigenvalue weighted by Crippen LogP contribution is -2.09. The Labute approximate surface area is 165 Å². The summed E-state index contributed by atoms with van der Waals surface area (Å²) < 4.78 is 0. The molecule has 0 heteroatoms. The molecule has 0 aliphatic carbocycles. The third-order valence-corrected chi connectivity index (χ3v) is 4.65. The quantitative estimate of drug-likeness (QED) is 0.546. The number of rotatable bonds is 9. The first-order chi connectivity index (χ1) is 13.2. The summed E-state index contributed by atoms with van der Waals surface area (Å²) in [5.74, 6) is 16.6. The van der Waals surface area contributed by atoms with Crippen LogP contribution in [0, 0.1) is 74.1 Å². The fourth-order valence-electron chi connectivity index (χ4n) is 3.32. The van der Waals surface area contributed by atoms with E-state index in [0.717, 1.165) is 16.7 Å². The highest BCUT2D eigenvalue weighted by Crippen LogP contribution is 2.36. The van der Waals surface area contributed by atoms with Gasteiger partial charge in [0.15, 0.2) is 0 Å². The van der Waals surface area contributed by atoms with E-state index in [1.165, 1.54) is 0 Å². The summed E-state index contributed by atoms with van der Waals surface area (Å²) in [6.45, 7) is 0. The third-order valence-electron chi connectivity index (χ3n) is 4.65. The van der Waals surface area contributed by atoms with Gasteiger partial charge in [0.1, 0.15) is 0 Å². The molecule has 0 heterocycles. The van der Waals surface area contributed by atoms with E-state index < -0.39 is 0 Å². The Morgan fingerprint density at radius 2 is 0.889 bits per heavy atom. The van der Waals surface area contributed by atoms with Crippen LogP contribution >= 0.6 is 0 Å². The Balaban J connectivity index is 3.55. The van der Waals surface area contributed by atoms with E-state index in [4.69, 9.17) is 38.5 Å². The van der Waals surface area contributed by atoms with E-state index in [2.05, 4.69) is 53.7 Å². The Morgan fingerprint density at radius 3 is 1.30 bits per heavy atom. The maximum atomic E-state index is 5.60. The van der Waals surface area contributed by atoms with Crippen molar-refractivity contribution in [1.29, 1.82) is 0 Å². The van der Waals surface area contributed by atoms with Gasteiger partial charge in [-0.15, -0.1) is 74.1 Å². The van der Waals surface area contributed by atoms with Gasteiger partial charge < -0.3 is 0 Å². The lowest BCUT2D eigenvalue weighted by Gasteiger charge is -2.24. The maximum Gasteiger partial charge on any atom is 0.0164 e. The van der Waals surface area contributed by atoms with Crippen LogP contribution in [0.3, 0.4) is 0 Å². The molecule has 132 valence electrons. The minimum Gasteiger partial charge on any atom is -0.120 e. The standard InChI is InChI=1S/C27H24/c1-7-13-22(14-8-2)25-19-20-26(23(15-9-3)16-10-4)27(21-25)24(17-11-5)18-12-6/h1-6,19-24H,13-18H2. The molecule has 0 aliphatic rings. The second kappa shape index (κ2) is 12.0. The first-order valence-electron chi connectivity index (χ1n) is 8.91. The molecule has 1 rings (SSSR count). The Hall–Kier alpha value is -3.42. The van der Waals surface area contributed by atoms with E-state index in [1.54, 1.807) is 0 Å². The van der Waals surface area contributed by atoms with Crippen LogP contribution in [-0.4, -0.2) is 0 Å². The number of hydrogen-bond acceptors (Lipinski definition) is 0. The van der Waals surface area contributed by atoms with Crippen LogP contribution in [0.4, 0.5) is 0 Å². The molecule has 0 saturated heterocycles. The number of benzene rings is 1. The van der Waals surface area contributed by atoms with Crippen LogP contribution in [0.15, 0.2) is 18.2 Å². The number of hydrogen-bond donors (Lipinski definition) is 0. The van der Waals surface area contributed by atoms with E-state index in [9.17, 15) is 0 Å². The van der Waals surface area contributed by atoms with Crippen LogP contribution in [0.25, 0.3) is 0 Å². The van der Waals surface area contributed by atoms with Crippen molar-refractivity contribution in [3.63, 3.8) is 0 Å². The largest absolute Gasteiger partial charge is 0.120 e. The topological polar surface area (TPSA) is 0 Å². The highest BCUT2D eigenvalue weighted by molar-refractivity contribution is 5.41. The van der Waals surface area contributed by atoms with Gasteiger partial charge in [-0.3, -0.25) is 0 Å². The van der Waals surface area contributed by atoms with Gasteiger partial charge in [0.05, 0.1) is 0 Å². The highest BCUT2D eigenvalue weighted by Gasteiger charge is 2.22. The van der Waals surface area contributed by atoms with Gasteiger partial charge in [-0.25, -0.2) is 0 Å². The van der Waals surface area contributed by atoms with Crippen LogP contribution in [-0.2, 0) is 0 Å². The van der Waals surface area contributed by atoms with Crippen LogP contribution in [0.1, 0.15) is 73.0 Å². The molecule has 0 spiro atoms. The first-order valence-corrected chi connectivity index (χ1v) is 8.91. The van der Waals surface area contributed by atoms with Gasteiger partial charge in [-0.1, -0.05) is 18.2 Å². The average molecular weight is 348 g/mol. The Morgan fingerprint density at radius 1 is 0.519 bits per heavy atom. The van der Waals surface area contributed by atoms with E-state index in [0.29, 0.717) is 38.5 Å². The molecule has 0 nitrogen and oxygen atoms in total. The maximum absolute atomic E-state index is 5.60. The van der Waals surface area contributed by atoms with Gasteiger partial charge in [-0.05, 0) is 16.7 Å². The lowest BCUT2D eigenvalue weighted by molar-refractivity contribution is 0.668. The minimum atomic E-state index is 0.0466. The molecule has 0 aliphatic heterocycles. The molecule has 0 fully saturated rings. The lowest BCUT2D eigenvalue weighted by atomic mass is 9.79. The van der Waals surface area contributed by atoms with Gasteiger partial charge >= 0.3 is 0 Å². The highest BCUT2D eigenvalue weighted by atomic mass is 14.2. The normalized spacial score (nSPS) is 9.67. The summed E-state index contributed by atoms with van der Waals surface area (Å²) >= 11 is 0. The Bertz CT molecular complexity index is 823.